The van der Waals surface area contributed by atoms with Crippen LogP contribution in [0, 0.1) is 0 Å². The van der Waals surface area contributed by atoms with Gasteiger partial charge >= 0.3 is 0 Å². The van der Waals surface area contributed by atoms with Crippen molar-refractivity contribution >= 4 is 17.4 Å². The smallest absolute Gasteiger partial charge is 0.178 e. The molecule has 0 atom stereocenters. The predicted molar refractivity (Wildman–Crippen MR) is 93.5 cm³/mol. The number of benzene rings is 1. The highest BCUT2D eigenvalue weighted by molar-refractivity contribution is 6.01. The van der Waals surface area contributed by atoms with Gasteiger partial charge in [0.05, 0.1) is 12.5 Å². The first-order valence-electron chi connectivity index (χ1n) is 7.56. The number of allylic oxidation sites excluding steroid dienone is 8. The summed E-state index contributed by atoms with van der Waals surface area (Å²) in [5.41, 5.74) is 4.50. The Morgan fingerprint density at radius 2 is 1.43 bits per heavy atom. The van der Waals surface area contributed by atoms with Gasteiger partial charge in [-0.2, -0.15) is 0 Å². The van der Waals surface area contributed by atoms with Gasteiger partial charge in [-0.05, 0) is 58.7 Å². The molecule has 1 aliphatic heterocycles. The Labute approximate surface area is 135 Å². The highest BCUT2D eigenvalue weighted by atomic mass is 16.5. The molecular formula is C21H18O2. The highest BCUT2D eigenvalue weighted by Gasteiger charge is 2.08. The van der Waals surface area contributed by atoms with Crippen LogP contribution in [0.15, 0.2) is 83.9 Å². The van der Waals surface area contributed by atoms with Crippen molar-refractivity contribution in [1.29, 1.82) is 0 Å². The summed E-state index contributed by atoms with van der Waals surface area (Å²) >= 11 is 0. The van der Waals surface area contributed by atoms with Crippen LogP contribution < -0.4 is 10.4 Å². The van der Waals surface area contributed by atoms with Crippen LogP contribution in [0.2, 0.25) is 0 Å². The lowest BCUT2D eigenvalue weighted by Crippen LogP contribution is -2.13. The van der Waals surface area contributed by atoms with Crippen molar-refractivity contribution in [2.24, 2.45) is 0 Å². The molecule has 0 saturated heterocycles. The number of hydrogen-bond donors (Lipinski definition) is 0. The van der Waals surface area contributed by atoms with E-state index in [0.717, 1.165) is 21.9 Å². The number of ketones is 1. The fraction of sp³-hybridized carbons (Fsp3) is 0.0952. The first-order valence-corrected chi connectivity index (χ1v) is 7.56. The topological polar surface area (TPSA) is 26.3 Å². The molecule has 1 aromatic rings. The third-order valence-electron chi connectivity index (χ3n) is 3.83. The molecule has 114 valence electrons. The van der Waals surface area contributed by atoms with E-state index in [1.807, 2.05) is 24.3 Å². The summed E-state index contributed by atoms with van der Waals surface area (Å²) in [7, 11) is 0. The van der Waals surface area contributed by atoms with Crippen molar-refractivity contribution in [3.8, 4) is 0 Å². The van der Waals surface area contributed by atoms with Crippen LogP contribution in [0.1, 0.15) is 13.8 Å². The summed E-state index contributed by atoms with van der Waals surface area (Å²) < 4.78 is 5.29. The highest BCUT2D eigenvalue weighted by Crippen LogP contribution is 2.22. The second-order valence-corrected chi connectivity index (χ2v) is 5.64. The molecule has 0 spiro atoms. The lowest BCUT2D eigenvalue weighted by molar-refractivity contribution is -0.110. The molecule has 2 nitrogen and oxygen atoms in total. The number of hydrogen-bond acceptors (Lipinski definition) is 2. The van der Waals surface area contributed by atoms with E-state index in [0.29, 0.717) is 0 Å². The Hall–Kier alpha value is -2.87. The summed E-state index contributed by atoms with van der Waals surface area (Å²) in [6.07, 6.45) is 14.4. The van der Waals surface area contributed by atoms with Crippen LogP contribution >= 0.6 is 0 Å². The number of carbonyl (C=O) groups is 1. The minimum atomic E-state index is 0.0341. The lowest BCUT2D eigenvalue weighted by atomic mass is 9.98. The maximum absolute atomic E-state index is 11.1. The molecule has 0 saturated carbocycles. The number of carbonyl (C=O) groups excluding carboxylic acids is 1. The maximum atomic E-state index is 11.1. The van der Waals surface area contributed by atoms with E-state index in [9.17, 15) is 4.79 Å². The van der Waals surface area contributed by atoms with Crippen molar-refractivity contribution in [1.82, 2.24) is 0 Å². The van der Waals surface area contributed by atoms with Crippen LogP contribution in [0.5, 0.6) is 0 Å². The maximum Gasteiger partial charge on any atom is 0.178 e. The van der Waals surface area contributed by atoms with Crippen LogP contribution in [0.4, 0.5) is 0 Å². The van der Waals surface area contributed by atoms with E-state index in [2.05, 4.69) is 38.1 Å². The lowest BCUT2D eigenvalue weighted by Gasteiger charge is -2.13. The Bertz CT molecular complexity index is 858. The zero-order valence-electron chi connectivity index (χ0n) is 13.2. The van der Waals surface area contributed by atoms with Gasteiger partial charge in [0.15, 0.2) is 5.78 Å². The van der Waals surface area contributed by atoms with Crippen LogP contribution in [-0.2, 0) is 9.53 Å². The third-order valence-corrected chi connectivity index (χ3v) is 3.83. The van der Waals surface area contributed by atoms with Crippen molar-refractivity contribution < 1.29 is 9.53 Å². The van der Waals surface area contributed by atoms with Gasteiger partial charge in [0.2, 0.25) is 0 Å². The molecule has 0 N–H and O–H groups in total. The van der Waals surface area contributed by atoms with E-state index >= 15 is 0 Å². The predicted octanol–water partition coefficient (Wildman–Crippen LogP) is 3.08. The first kappa shape index (κ1) is 15.0. The molecule has 0 amide bonds. The van der Waals surface area contributed by atoms with Gasteiger partial charge in [-0.25, -0.2) is 0 Å². The summed E-state index contributed by atoms with van der Waals surface area (Å²) in [5, 5.41) is 2.31. The molecule has 1 aliphatic carbocycles. The molecule has 0 aromatic heterocycles. The molecule has 23 heavy (non-hydrogen) atoms. The van der Waals surface area contributed by atoms with Gasteiger partial charge in [-0.15, -0.1) is 0 Å². The summed E-state index contributed by atoms with van der Waals surface area (Å²) in [4.78, 5) is 11.1. The molecule has 0 radical (unpaired) electrons. The molecule has 0 unspecified atom stereocenters. The van der Waals surface area contributed by atoms with Gasteiger partial charge in [0.1, 0.15) is 0 Å². The van der Waals surface area contributed by atoms with Gasteiger partial charge in [0.25, 0.3) is 0 Å². The molecule has 2 aliphatic rings. The first-order chi connectivity index (χ1) is 11.1. The largest absolute Gasteiger partial charge is 0.472 e. The monoisotopic (exact) mass is 302 g/mol. The van der Waals surface area contributed by atoms with E-state index < -0.39 is 0 Å². The average molecular weight is 302 g/mol. The minimum Gasteiger partial charge on any atom is -0.472 e. The van der Waals surface area contributed by atoms with Gasteiger partial charge in [-0.1, -0.05) is 48.6 Å². The quantitative estimate of drug-likeness (QED) is 0.797. The Morgan fingerprint density at radius 3 is 2.04 bits per heavy atom. The van der Waals surface area contributed by atoms with E-state index in [-0.39, 0.29) is 5.78 Å². The van der Waals surface area contributed by atoms with Crippen LogP contribution in [0.25, 0.3) is 11.6 Å². The average Bonchev–Trinajstić information content (AvgIpc) is 2.55. The molecular weight excluding hydrogens is 284 g/mol. The number of ether oxygens (including phenoxy) is 1. The fourth-order valence-electron chi connectivity index (χ4n) is 2.65. The van der Waals surface area contributed by atoms with Gasteiger partial charge in [-0.3, -0.25) is 4.79 Å². The van der Waals surface area contributed by atoms with Gasteiger partial charge in [0, 0.05) is 0 Å². The Balaban J connectivity index is 1.94. The Kier molecular flexibility index (Phi) is 4.24. The molecule has 1 aromatic carbocycles. The van der Waals surface area contributed by atoms with E-state index in [1.54, 1.807) is 24.7 Å². The number of rotatable bonds is 1. The standard InChI is InChI=1S/C21H18O2/c1-15-13-23-14-16(2)21(15)19-9-5-17(6-10-19)3-4-18-7-11-20(22)12-8-18/h3-14H,1-2H3. The SMILES string of the molecule is CC1=COC=C(C)C1=c1ccc(=CC=C2C=CC(=O)C=C2)cc1. The Morgan fingerprint density at radius 1 is 0.826 bits per heavy atom. The van der Waals surface area contributed by atoms with Gasteiger partial charge < -0.3 is 4.74 Å². The van der Waals surface area contributed by atoms with Crippen LogP contribution in [0.3, 0.4) is 0 Å². The second kappa shape index (κ2) is 6.49. The zero-order valence-corrected chi connectivity index (χ0v) is 13.2. The van der Waals surface area contributed by atoms with E-state index in [1.165, 1.54) is 10.8 Å². The van der Waals surface area contributed by atoms with Crippen molar-refractivity contribution in [3.05, 3.63) is 94.3 Å². The third kappa shape index (κ3) is 3.49. The van der Waals surface area contributed by atoms with Crippen molar-refractivity contribution in [2.45, 2.75) is 13.8 Å². The summed E-state index contributed by atoms with van der Waals surface area (Å²) in [6.45, 7) is 4.11. The van der Waals surface area contributed by atoms with Crippen molar-refractivity contribution in [2.75, 3.05) is 0 Å². The molecule has 2 heteroatoms. The normalized spacial score (nSPS) is 16.7. The summed E-state index contributed by atoms with van der Waals surface area (Å²) in [6, 6.07) is 8.43. The summed E-state index contributed by atoms with van der Waals surface area (Å²) in [5.74, 6) is 0.0341. The fourth-order valence-corrected chi connectivity index (χ4v) is 2.65. The molecule has 3 rings (SSSR count). The zero-order chi connectivity index (χ0) is 16.2. The second-order valence-electron chi connectivity index (χ2n) is 5.64. The molecule has 0 fully saturated rings. The minimum absolute atomic E-state index is 0.0341. The van der Waals surface area contributed by atoms with Crippen LogP contribution in [-0.4, -0.2) is 5.78 Å². The van der Waals surface area contributed by atoms with E-state index in [4.69, 9.17) is 4.74 Å². The molecule has 0 bridgehead atoms. The van der Waals surface area contributed by atoms with Crippen molar-refractivity contribution in [3.63, 3.8) is 0 Å². The molecule has 1 heterocycles.